The van der Waals surface area contributed by atoms with Crippen LogP contribution in [0.25, 0.3) is 0 Å². The van der Waals surface area contributed by atoms with E-state index in [1.165, 1.54) is 6.20 Å². The van der Waals surface area contributed by atoms with Gasteiger partial charge in [0, 0.05) is 18.4 Å². The number of aldehydes is 1. The van der Waals surface area contributed by atoms with E-state index in [0.29, 0.717) is 23.5 Å². The molecule has 2 aromatic rings. The van der Waals surface area contributed by atoms with Crippen molar-refractivity contribution in [3.05, 3.63) is 53.9 Å². The highest BCUT2D eigenvalue weighted by molar-refractivity contribution is 5.74. The highest BCUT2D eigenvalue weighted by atomic mass is 16.5. The third-order valence-electron chi connectivity index (χ3n) is 2.45. The molecule has 1 N–H and O–H groups in total. The summed E-state index contributed by atoms with van der Waals surface area (Å²) >= 11 is 0. The van der Waals surface area contributed by atoms with Gasteiger partial charge in [0.15, 0.2) is 6.29 Å². The molecule has 4 heteroatoms. The van der Waals surface area contributed by atoms with Crippen LogP contribution in [-0.4, -0.2) is 23.0 Å². The molecule has 1 aromatic heterocycles. The molecule has 0 bridgehead atoms. The Kier molecular flexibility index (Phi) is 4.04. The van der Waals surface area contributed by atoms with E-state index in [1.54, 1.807) is 12.3 Å². The average molecular weight is 243 g/mol. The van der Waals surface area contributed by atoms with Gasteiger partial charge in [0.1, 0.15) is 11.5 Å². The number of aromatic nitrogens is 1. The molecular weight excluding hydrogens is 230 g/mol. The number of benzene rings is 1. The monoisotopic (exact) mass is 243 g/mol. The minimum absolute atomic E-state index is 0.0625. The van der Waals surface area contributed by atoms with Crippen LogP contribution in [-0.2, 0) is 6.42 Å². The van der Waals surface area contributed by atoms with E-state index in [9.17, 15) is 4.79 Å². The minimum Gasteiger partial charge on any atom is -0.455 e. The van der Waals surface area contributed by atoms with E-state index in [-0.39, 0.29) is 6.61 Å². The van der Waals surface area contributed by atoms with Crippen molar-refractivity contribution in [2.45, 2.75) is 6.42 Å². The zero-order chi connectivity index (χ0) is 12.8. The molecule has 0 saturated heterocycles. The van der Waals surface area contributed by atoms with Gasteiger partial charge in [-0.05, 0) is 24.1 Å². The van der Waals surface area contributed by atoms with Crippen molar-refractivity contribution in [1.29, 1.82) is 0 Å². The van der Waals surface area contributed by atoms with Crippen molar-refractivity contribution < 1.29 is 14.6 Å². The van der Waals surface area contributed by atoms with E-state index >= 15 is 0 Å². The summed E-state index contributed by atoms with van der Waals surface area (Å²) in [6.07, 6.45) is 4.26. The van der Waals surface area contributed by atoms with Crippen LogP contribution >= 0.6 is 0 Å². The van der Waals surface area contributed by atoms with Crippen LogP contribution in [0, 0.1) is 0 Å². The second-order valence-corrected chi connectivity index (χ2v) is 3.76. The Labute approximate surface area is 105 Å². The fraction of sp³-hybridized carbons (Fsp3) is 0.143. The predicted molar refractivity (Wildman–Crippen MR) is 66.9 cm³/mol. The lowest BCUT2D eigenvalue weighted by Gasteiger charge is -2.10. The Bertz CT molecular complexity index is 540. The van der Waals surface area contributed by atoms with Gasteiger partial charge >= 0.3 is 0 Å². The van der Waals surface area contributed by atoms with Gasteiger partial charge in [0.2, 0.25) is 0 Å². The van der Waals surface area contributed by atoms with Crippen molar-refractivity contribution in [1.82, 2.24) is 4.98 Å². The topological polar surface area (TPSA) is 59.4 Å². The molecule has 0 radical (unpaired) electrons. The van der Waals surface area contributed by atoms with Gasteiger partial charge < -0.3 is 9.84 Å². The second-order valence-electron chi connectivity index (χ2n) is 3.76. The summed E-state index contributed by atoms with van der Waals surface area (Å²) in [5.74, 6) is 1.17. The van der Waals surface area contributed by atoms with E-state index in [2.05, 4.69) is 4.98 Å². The summed E-state index contributed by atoms with van der Waals surface area (Å²) in [4.78, 5) is 14.6. The number of hydrogen-bond acceptors (Lipinski definition) is 4. The first kappa shape index (κ1) is 12.3. The summed E-state index contributed by atoms with van der Waals surface area (Å²) in [6.45, 7) is 0.0625. The molecule has 0 amide bonds. The maximum Gasteiger partial charge on any atom is 0.151 e. The number of hydrogen-bond donors (Lipinski definition) is 1. The van der Waals surface area contributed by atoms with Crippen LogP contribution in [0.4, 0.5) is 0 Å². The number of pyridine rings is 1. The molecule has 1 heterocycles. The number of carbonyl (C=O) groups is 1. The fourth-order valence-electron chi connectivity index (χ4n) is 1.61. The predicted octanol–water partition coefficient (Wildman–Crippen LogP) is 2.22. The lowest BCUT2D eigenvalue weighted by Crippen LogP contribution is -1.95. The van der Waals surface area contributed by atoms with E-state index in [1.807, 2.05) is 24.3 Å². The molecule has 0 atom stereocenters. The van der Waals surface area contributed by atoms with Crippen LogP contribution in [0.1, 0.15) is 15.9 Å². The molecule has 2 rings (SSSR count). The highest BCUT2D eigenvalue weighted by Gasteiger charge is 2.04. The first-order chi connectivity index (χ1) is 8.83. The summed E-state index contributed by atoms with van der Waals surface area (Å²) in [5, 5.41) is 8.98. The Morgan fingerprint density at radius 3 is 2.89 bits per heavy atom. The molecule has 0 fully saturated rings. The van der Waals surface area contributed by atoms with Crippen molar-refractivity contribution in [2.75, 3.05) is 6.61 Å². The van der Waals surface area contributed by atoms with E-state index in [4.69, 9.17) is 9.84 Å². The molecule has 1 aromatic carbocycles. The van der Waals surface area contributed by atoms with Crippen molar-refractivity contribution in [3.8, 4) is 11.5 Å². The van der Waals surface area contributed by atoms with Gasteiger partial charge in [-0.3, -0.25) is 9.78 Å². The van der Waals surface area contributed by atoms with Crippen LogP contribution in [0.2, 0.25) is 0 Å². The Morgan fingerprint density at radius 2 is 2.11 bits per heavy atom. The Balaban J connectivity index is 2.24. The van der Waals surface area contributed by atoms with E-state index in [0.717, 1.165) is 11.8 Å². The second kappa shape index (κ2) is 5.93. The van der Waals surface area contributed by atoms with E-state index < -0.39 is 0 Å². The number of carbonyl (C=O) groups excluding carboxylic acids is 1. The zero-order valence-electron chi connectivity index (χ0n) is 9.74. The van der Waals surface area contributed by atoms with Gasteiger partial charge in [-0.1, -0.05) is 18.2 Å². The smallest absolute Gasteiger partial charge is 0.151 e. The standard InChI is InChI=1S/C14H13NO3/c16-6-5-12-3-1-2-4-14(12)18-13-7-11(10-17)8-15-9-13/h1-4,7-10,16H,5-6H2. The minimum atomic E-state index is 0.0625. The Hall–Kier alpha value is -2.20. The summed E-state index contributed by atoms with van der Waals surface area (Å²) in [5.41, 5.74) is 1.38. The average Bonchev–Trinajstić information content (AvgIpc) is 2.41. The summed E-state index contributed by atoms with van der Waals surface area (Å²) < 4.78 is 5.67. The third-order valence-corrected chi connectivity index (χ3v) is 2.45. The lowest BCUT2D eigenvalue weighted by atomic mass is 10.1. The normalized spacial score (nSPS) is 10.1. The first-order valence-electron chi connectivity index (χ1n) is 5.60. The molecule has 0 spiro atoms. The van der Waals surface area contributed by atoms with Gasteiger partial charge in [-0.25, -0.2) is 0 Å². The number of nitrogens with zero attached hydrogens (tertiary/aromatic N) is 1. The van der Waals surface area contributed by atoms with Crippen LogP contribution < -0.4 is 4.74 Å². The van der Waals surface area contributed by atoms with Crippen LogP contribution in [0.5, 0.6) is 11.5 Å². The molecular formula is C14H13NO3. The number of ether oxygens (including phenoxy) is 1. The van der Waals surface area contributed by atoms with Gasteiger partial charge in [0.05, 0.1) is 6.20 Å². The van der Waals surface area contributed by atoms with Gasteiger partial charge in [0.25, 0.3) is 0 Å². The maximum atomic E-state index is 10.7. The van der Waals surface area contributed by atoms with Crippen molar-refractivity contribution in [2.24, 2.45) is 0 Å². The Morgan fingerprint density at radius 1 is 1.28 bits per heavy atom. The molecule has 18 heavy (non-hydrogen) atoms. The number of para-hydroxylation sites is 1. The molecule has 4 nitrogen and oxygen atoms in total. The zero-order valence-corrected chi connectivity index (χ0v) is 9.74. The van der Waals surface area contributed by atoms with Crippen molar-refractivity contribution in [3.63, 3.8) is 0 Å². The fourth-order valence-corrected chi connectivity index (χ4v) is 1.61. The highest BCUT2D eigenvalue weighted by Crippen LogP contribution is 2.25. The molecule has 0 saturated carbocycles. The molecule has 0 unspecified atom stereocenters. The molecule has 0 aliphatic carbocycles. The quantitative estimate of drug-likeness (QED) is 0.818. The third kappa shape index (κ3) is 2.93. The molecule has 0 aliphatic heterocycles. The van der Waals surface area contributed by atoms with Crippen LogP contribution in [0.15, 0.2) is 42.7 Å². The summed E-state index contributed by atoms with van der Waals surface area (Å²) in [7, 11) is 0. The van der Waals surface area contributed by atoms with Gasteiger partial charge in [-0.2, -0.15) is 0 Å². The van der Waals surface area contributed by atoms with Crippen molar-refractivity contribution >= 4 is 6.29 Å². The van der Waals surface area contributed by atoms with Gasteiger partial charge in [-0.15, -0.1) is 0 Å². The largest absolute Gasteiger partial charge is 0.455 e. The van der Waals surface area contributed by atoms with Crippen LogP contribution in [0.3, 0.4) is 0 Å². The number of aliphatic hydroxyl groups excluding tert-OH is 1. The number of rotatable bonds is 5. The SMILES string of the molecule is O=Cc1cncc(Oc2ccccc2CCO)c1. The maximum absolute atomic E-state index is 10.7. The molecule has 92 valence electrons. The lowest BCUT2D eigenvalue weighted by molar-refractivity contribution is 0.112. The summed E-state index contributed by atoms with van der Waals surface area (Å²) in [6, 6.07) is 9.07. The number of aliphatic hydroxyl groups is 1. The molecule has 0 aliphatic rings. The first-order valence-corrected chi connectivity index (χ1v) is 5.60.